The van der Waals surface area contributed by atoms with Crippen LogP contribution < -0.4 is 4.90 Å². The summed E-state index contributed by atoms with van der Waals surface area (Å²) >= 11 is 0. The van der Waals surface area contributed by atoms with E-state index >= 15 is 0 Å². The van der Waals surface area contributed by atoms with Gasteiger partial charge in [-0.15, -0.1) is 0 Å². The topological polar surface area (TPSA) is 20.5 Å². The van der Waals surface area contributed by atoms with Crippen LogP contribution in [0.5, 0.6) is 0 Å². The number of benzene rings is 6. The van der Waals surface area contributed by atoms with Crippen molar-refractivity contribution in [1.82, 2.24) is 9.38 Å². The van der Waals surface area contributed by atoms with Crippen molar-refractivity contribution in [3.63, 3.8) is 0 Å². The molecule has 3 nitrogen and oxygen atoms in total. The third-order valence-corrected chi connectivity index (χ3v) is 9.28. The van der Waals surface area contributed by atoms with E-state index in [9.17, 15) is 0 Å². The Labute approximate surface area is 279 Å². The fraction of sp³-hybridized carbons (Fsp3) is 0. The van der Waals surface area contributed by atoms with Crippen LogP contribution in [0.4, 0.5) is 17.1 Å². The van der Waals surface area contributed by atoms with E-state index in [0.717, 1.165) is 22.6 Å². The zero-order valence-electron chi connectivity index (χ0n) is 26.2. The molecule has 0 unspecified atom stereocenters. The number of nitrogens with zero attached hydrogens (tertiary/aromatic N) is 3. The molecular formula is C45H31N3. The second-order valence-electron chi connectivity index (χ2n) is 12.1. The van der Waals surface area contributed by atoms with Crippen molar-refractivity contribution < 1.29 is 0 Å². The molecule has 0 saturated heterocycles. The van der Waals surface area contributed by atoms with E-state index in [2.05, 4.69) is 190 Å². The number of aromatic nitrogens is 2. The maximum Gasteiger partial charge on any atom is 0.0619 e. The molecule has 0 bridgehead atoms. The molecule has 48 heavy (non-hydrogen) atoms. The molecule has 3 aromatic heterocycles. The number of para-hydroxylation sites is 1. The summed E-state index contributed by atoms with van der Waals surface area (Å²) in [6.07, 6.45) is 5.91. The number of rotatable bonds is 6. The minimum Gasteiger partial charge on any atom is -0.315 e. The van der Waals surface area contributed by atoms with Gasteiger partial charge in [-0.2, -0.15) is 0 Å². The van der Waals surface area contributed by atoms with Gasteiger partial charge in [0.05, 0.1) is 11.0 Å². The summed E-state index contributed by atoms with van der Waals surface area (Å²) in [5.74, 6) is 0. The lowest BCUT2D eigenvalue weighted by atomic mass is 9.97. The summed E-state index contributed by atoms with van der Waals surface area (Å²) < 4.78 is 2.35. The molecule has 0 N–H and O–H groups in total. The minimum absolute atomic E-state index is 1.06. The molecule has 0 radical (unpaired) electrons. The fourth-order valence-corrected chi connectivity index (χ4v) is 7.02. The van der Waals surface area contributed by atoms with Gasteiger partial charge in [0.25, 0.3) is 0 Å². The average molecular weight is 614 g/mol. The lowest BCUT2D eigenvalue weighted by molar-refractivity contribution is 1.24. The quantitative estimate of drug-likeness (QED) is 0.186. The number of anilines is 3. The molecule has 0 aliphatic rings. The van der Waals surface area contributed by atoms with Crippen molar-refractivity contribution in [3.8, 4) is 33.4 Å². The largest absolute Gasteiger partial charge is 0.315 e. The first kappa shape index (κ1) is 27.8. The Balaban J connectivity index is 1.19. The van der Waals surface area contributed by atoms with Crippen LogP contribution in [0.25, 0.3) is 60.6 Å². The van der Waals surface area contributed by atoms with Gasteiger partial charge in [0, 0.05) is 52.0 Å². The molecule has 0 amide bonds. The Kier molecular flexibility index (Phi) is 6.80. The molecule has 6 aromatic carbocycles. The monoisotopic (exact) mass is 613 g/mol. The number of pyridine rings is 2. The van der Waals surface area contributed by atoms with Gasteiger partial charge in [-0.05, 0) is 87.8 Å². The summed E-state index contributed by atoms with van der Waals surface area (Å²) in [6.45, 7) is 0. The van der Waals surface area contributed by atoms with E-state index in [1.54, 1.807) is 0 Å². The molecule has 0 fully saturated rings. The normalized spacial score (nSPS) is 11.3. The van der Waals surface area contributed by atoms with E-state index in [-0.39, 0.29) is 0 Å². The third-order valence-electron chi connectivity index (χ3n) is 9.28. The Bertz CT molecular complexity index is 2540. The molecule has 9 rings (SSSR count). The van der Waals surface area contributed by atoms with E-state index in [4.69, 9.17) is 0 Å². The summed E-state index contributed by atoms with van der Waals surface area (Å²) in [4.78, 5) is 6.60. The van der Waals surface area contributed by atoms with Crippen molar-refractivity contribution in [3.05, 3.63) is 188 Å². The highest BCUT2D eigenvalue weighted by molar-refractivity contribution is 6.15. The third kappa shape index (κ3) is 4.81. The zero-order chi connectivity index (χ0) is 31.9. The SMILES string of the molecule is c1ccc(-c2ccc(N(c3ccncc3)c3cccc(-c4ccc5ccn6c7ccccc7c(-c7ccccc7)c6c5c4)c3)cc2)cc1. The molecule has 0 atom stereocenters. The van der Waals surface area contributed by atoms with Crippen LogP contribution in [-0.4, -0.2) is 9.38 Å². The smallest absolute Gasteiger partial charge is 0.0619 e. The first-order valence-corrected chi connectivity index (χ1v) is 16.3. The maximum absolute atomic E-state index is 4.30. The first-order chi connectivity index (χ1) is 23.8. The predicted octanol–water partition coefficient (Wildman–Crippen LogP) is 12.1. The molecule has 0 aliphatic carbocycles. The van der Waals surface area contributed by atoms with Gasteiger partial charge in [-0.1, -0.05) is 115 Å². The van der Waals surface area contributed by atoms with Gasteiger partial charge >= 0.3 is 0 Å². The lowest BCUT2D eigenvalue weighted by Gasteiger charge is -2.26. The zero-order valence-corrected chi connectivity index (χ0v) is 26.2. The van der Waals surface area contributed by atoms with Crippen LogP contribution in [-0.2, 0) is 0 Å². The van der Waals surface area contributed by atoms with Crippen LogP contribution in [0.2, 0.25) is 0 Å². The van der Waals surface area contributed by atoms with Gasteiger partial charge in [0.2, 0.25) is 0 Å². The molecule has 3 heterocycles. The van der Waals surface area contributed by atoms with Crippen LogP contribution >= 0.6 is 0 Å². The van der Waals surface area contributed by atoms with Gasteiger partial charge in [0.15, 0.2) is 0 Å². The number of hydrogen-bond donors (Lipinski definition) is 0. The van der Waals surface area contributed by atoms with Crippen molar-refractivity contribution in [2.24, 2.45) is 0 Å². The van der Waals surface area contributed by atoms with Gasteiger partial charge in [-0.25, -0.2) is 0 Å². The highest BCUT2D eigenvalue weighted by atomic mass is 15.1. The van der Waals surface area contributed by atoms with Crippen LogP contribution in [0, 0.1) is 0 Å². The fourth-order valence-electron chi connectivity index (χ4n) is 7.02. The highest BCUT2D eigenvalue weighted by Gasteiger charge is 2.17. The average Bonchev–Trinajstić information content (AvgIpc) is 3.51. The van der Waals surface area contributed by atoms with E-state index in [1.165, 1.54) is 55.0 Å². The summed E-state index contributed by atoms with van der Waals surface area (Å²) in [6, 6.07) is 60.8. The van der Waals surface area contributed by atoms with Crippen molar-refractivity contribution in [1.29, 1.82) is 0 Å². The van der Waals surface area contributed by atoms with Crippen molar-refractivity contribution >= 4 is 44.3 Å². The molecule has 0 saturated carbocycles. The summed E-state index contributed by atoms with van der Waals surface area (Å²) in [7, 11) is 0. The summed E-state index contributed by atoms with van der Waals surface area (Å²) in [5.41, 5.74) is 12.9. The number of fused-ring (bicyclic) bond motifs is 5. The Morgan fingerprint density at radius 3 is 1.83 bits per heavy atom. The summed E-state index contributed by atoms with van der Waals surface area (Å²) in [5, 5.41) is 3.71. The van der Waals surface area contributed by atoms with E-state index in [0.29, 0.717) is 0 Å². The second kappa shape index (κ2) is 11.7. The molecule has 0 spiro atoms. The Morgan fingerprint density at radius 1 is 0.417 bits per heavy atom. The standard InChI is InChI=1S/C45H31N3/c1-3-10-32(11-4-1)33-20-22-38(23-21-33)48(39-24-27-46-28-25-39)40-15-9-14-36(30-40)37-19-18-34-26-29-47-43-17-8-7-16-41(43)44(45(47)42(34)31-37)35-12-5-2-6-13-35/h1-31H. The number of hydrogen-bond acceptors (Lipinski definition) is 2. The Hall–Kier alpha value is -6.45. The van der Waals surface area contributed by atoms with Crippen molar-refractivity contribution in [2.75, 3.05) is 4.90 Å². The second-order valence-corrected chi connectivity index (χ2v) is 12.1. The highest BCUT2D eigenvalue weighted by Crippen LogP contribution is 2.41. The molecule has 3 heteroatoms. The predicted molar refractivity (Wildman–Crippen MR) is 201 cm³/mol. The van der Waals surface area contributed by atoms with E-state index < -0.39 is 0 Å². The van der Waals surface area contributed by atoms with Crippen LogP contribution in [0.15, 0.2) is 188 Å². The molecule has 0 aliphatic heterocycles. The minimum atomic E-state index is 1.06. The Morgan fingerprint density at radius 2 is 1.04 bits per heavy atom. The van der Waals surface area contributed by atoms with Gasteiger partial charge in [-0.3, -0.25) is 4.98 Å². The molecule has 226 valence electrons. The van der Waals surface area contributed by atoms with Crippen LogP contribution in [0.3, 0.4) is 0 Å². The van der Waals surface area contributed by atoms with Crippen molar-refractivity contribution in [2.45, 2.75) is 0 Å². The van der Waals surface area contributed by atoms with Crippen LogP contribution in [0.1, 0.15) is 0 Å². The lowest BCUT2D eigenvalue weighted by Crippen LogP contribution is -2.10. The first-order valence-electron chi connectivity index (χ1n) is 16.3. The van der Waals surface area contributed by atoms with Gasteiger partial charge in [0.1, 0.15) is 0 Å². The maximum atomic E-state index is 4.30. The van der Waals surface area contributed by atoms with Gasteiger partial charge < -0.3 is 9.30 Å². The molecule has 9 aromatic rings. The molecular weight excluding hydrogens is 583 g/mol. The van der Waals surface area contributed by atoms with E-state index in [1.807, 2.05) is 12.4 Å².